The molecule has 0 bridgehead atoms. The molecule has 0 saturated carbocycles. The van der Waals surface area contributed by atoms with E-state index in [4.69, 9.17) is 4.74 Å². The fourth-order valence-corrected chi connectivity index (χ4v) is 4.01. The second-order valence-corrected chi connectivity index (χ2v) is 7.99. The number of nitrogens with zero attached hydrogens (tertiary/aromatic N) is 2. The zero-order valence-electron chi connectivity index (χ0n) is 18.0. The van der Waals surface area contributed by atoms with Gasteiger partial charge in [0.2, 0.25) is 5.91 Å². The van der Waals surface area contributed by atoms with Crippen molar-refractivity contribution in [3.05, 3.63) is 36.0 Å². The SMILES string of the molecule is CCCCc1cc(OC2CCN(CCCC(=O)NCC)CC2)c2ncccc2c1. The highest BCUT2D eigenvalue weighted by Crippen LogP contribution is 2.29. The molecule has 29 heavy (non-hydrogen) atoms. The van der Waals surface area contributed by atoms with Crippen LogP contribution in [0.15, 0.2) is 30.5 Å². The Bertz CT molecular complexity index is 785. The molecule has 0 radical (unpaired) electrons. The van der Waals surface area contributed by atoms with Crippen molar-refractivity contribution >= 4 is 16.8 Å². The minimum Gasteiger partial charge on any atom is -0.488 e. The van der Waals surface area contributed by atoms with Gasteiger partial charge in [0.15, 0.2) is 0 Å². The van der Waals surface area contributed by atoms with E-state index in [-0.39, 0.29) is 12.0 Å². The topological polar surface area (TPSA) is 54.5 Å². The summed E-state index contributed by atoms with van der Waals surface area (Å²) in [7, 11) is 0. The molecule has 0 unspecified atom stereocenters. The Labute approximate surface area is 174 Å². The van der Waals surface area contributed by atoms with Gasteiger partial charge in [0.25, 0.3) is 0 Å². The van der Waals surface area contributed by atoms with E-state index in [1.54, 1.807) is 0 Å². The van der Waals surface area contributed by atoms with Crippen molar-refractivity contribution in [1.29, 1.82) is 0 Å². The monoisotopic (exact) mass is 397 g/mol. The molecule has 0 atom stereocenters. The number of unbranched alkanes of at least 4 members (excludes halogenated alkanes) is 1. The Morgan fingerprint density at radius 3 is 2.83 bits per heavy atom. The first kappa shape index (κ1) is 21.6. The van der Waals surface area contributed by atoms with E-state index in [1.807, 2.05) is 19.2 Å². The van der Waals surface area contributed by atoms with Gasteiger partial charge in [-0.05, 0) is 69.3 Å². The zero-order chi connectivity index (χ0) is 20.5. The van der Waals surface area contributed by atoms with Crippen molar-refractivity contribution in [3.8, 4) is 5.75 Å². The molecule has 3 rings (SSSR count). The smallest absolute Gasteiger partial charge is 0.220 e. The summed E-state index contributed by atoms with van der Waals surface area (Å²) in [6.45, 7) is 7.94. The summed E-state index contributed by atoms with van der Waals surface area (Å²) in [5.74, 6) is 1.09. The number of amides is 1. The van der Waals surface area contributed by atoms with Gasteiger partial charge in [-0.15, -0.1) is 0 Å². The van der Waals surface area contributed by atoms with Crippen molar-refractivity contribution in [2.24, 2.45) is 0 Å². The van der Waals surface area contributed by atoms with Crippen LogP contribution in [-0.2, 0) is 11.2 Å². The van der Waals surface area contributed by atoms with Crippen molar-refractivity contribution in [1.82, 2.24) is 15.2 Å². The molecule has 1 saturated heterocycles. The molecule has 1 aromatic heterocycles. The number of hydrogen-bond donors (Lipinski definition) is 1. The van der Waals surface area contributed by atoms with Crippen LogP contribution >= 0.6 is 0 Å². The molecule has 2 heterocycles. The highest BCUT2D eigenvalue weighted by atomic mass is 16.5. The van der Waals surface area contributed by atoms with Crippen LogP contribution in [0.25, 0.3) is 10.9 Å². The summed E-state index contributed by atoms with van der Waals surface area (Å²) < 4.78 is 6.46. The lowest BCUT2D eigenvalue weighted by Crippen LogP contribution is -2.39. The van der Waals surface area contributed by atoms with Gasteiger partial charge in [-0.2, -0.15) is 0 Å². The third-order valence-corrected chi connectivity index (χ3v) is 5.63. The third kappa shape index (κ3) is 6.43. The van der Waals surface area contributed by atoms with E-state index in [0.717, 1.165) is 56.6 Å². The van der Waals surface area contributed by atoms with Gasteiger partial charge in [-0.25, -0.2) is 0 Å². The molecule has 1 amide bonds. The number of carbonyl (C=O) groups excluding carboxylic acids is 1. The molecule has 1 aliphatic rings. The summed E-state index contributed by atoms with van der Waals surface area (Å²) >= 11 is 0. The molecule has 0 spiro atoms. The van der Waals surface area contributed by atoms with Gasteiger partial charge in [-0.1, -0.05) is 19.4 Å². The number of pyridine rings is 1. The van der Waals surface area contributed by atoms with E-state index in [9.17, 15) is 4.79 Å². The highest BCUT2D eigenvalue weighted by Gasteiger charge is 2.21. The number of rotatable bonds is 10. The van der Waals surface area contributed by atoms with E-state index in [2.05, 4.69) is 40.3 Å². The Balaban J connectivity index is 1.54. The summed E-state index contributed by atoms with van der Waals surface area (Å²) in [6.07, 6.45) is 9.14. The van der Waals surface area contributed by atoms with Crippen molar-refractivity contribution in [2.75, 3.05) is 26.2 Å². The van der Waals surface area contributed by atoms with Gasteiger partial charge in [-0.3, -0.25) is 9.78 Å². The van der Waals surface area contributed by atoms with Crippen LogP contribution in [0.5, 0.6) is 5.75 Å². The summed E-state index contributed by atoms with van der Waals surface area (Å²) in [4.78, 5) is 18.6. The van der Waals surface area contributed by atoms with E-state index >= 15 is 0 Å². The summed E-state index contributed by atoms with van der Waals surface area (Å²) in [5, 5.41) is 4.03. The number of benzene rings is 1. The van der Waals surface area contributed by atoms with Gasteiger partial charge in [0.1, 0.15) is 17.4 Å². The standard InChI is InChI=1S/C24H35N3O2/c1-3-5-8-19-17-20-9-6-13-26-24(20)22(18-19)29-21-11-15-27(16-12-21)14-7-10-23(28)25-4-2/h6,9,13,17-18,21H,3-5,7-8,10-12,14-16H2,1-2H3,(H,25,28). The Kier molecular flexibility index (Phi) is 8.29. The van der Waals surface area contributed by atoms with Gasteiger partial charge in [0, 0.05) is 37.6 Å². The summed E-state index contributed by atoms with van der Waals surface area (Å²) in [6, 6.07) is 8.57. The summed E-state index contributed by atoms with van der Waals surface area (Å²) in [5.41, 5.74) is 2.31. The Morgan fingerprint density at radius 1 is 1.24 bits per heavy atom. The fraction of sp³-hybridized carbons (Fsp3) is 0.583. The van der Waals surface area contributed by atoms with Gasteiger partial charge < -0.3 is 15.0 Å². The van der Waals surface area contributed by atoms with E-state index in [1.165, 1.54) is 23.8 Å². The maximum Gasteiger partial charge on any atom is 0.220 e. The third-order valence-electron chi connectivity index (χ3n) is 5.63. The Morgan fingerprint density at radius 2 is 2.07 bits per heavy atom. The molecular formula is C24H35N3O2. The molecule has 158 valence electrons. The quantitative estimate of drug-likeness (QED) is 0.648. The Hall–Kier alpha value is -2.14. The number of nitrogens with one attached hydrogen (secondary N) is 1. The molecule has 5 heteroatoms. The number of carbonyl (C=O) groups is 1. The average molecular weight is 398 g/mol. The van der Waals surface area contributed by atoms with Crippen LogP contribution < -0.4 is 10.1 Å². The number of aromatic nitrogens is 1. The molecule has 2 aromatic rings. The first-order valence-electron chi connectivity index (χ1n) is 11.2. The van der Waals surface area contributed by atoms with Crippen LogP contribution in [0.1, 0.15) is 57.9 Å². The first-order chi connectivity index (χ1) is 14.2. The van der Waals surface area contributed by atoms with E-state index < -0.39 is 0 Å². The van der Waals surface area contributed by atoms with E-state index in [0.29, 0.717) is 13.0 Å². The maximum absolute atomic E-state index is 11.6. The van der Waals surface area contributed by atoms with Crippen LogP contribution in [0, 0.1) is 0 Å². The lowest BCUT2D eigenvalue weighted by molar-refractivity contribution is -0.121. The predicted octanol–water partition coefficient (Wildman–Crippen LogP) is 4.34. The number of likely N-dealkylation sites (tertiary alicyclic amines) is 1. The zero-order valence-corrected chi connectivity index (χ0v) is 18.0. The van der Waals surface area contributed by atoms with Crippen LogP contribution in [0.2, 0.25) is 0 Å². The van der Waals surface area contributed by atoms with Crippen LogP contribution in [-0.4, -0.2) is 48.1 Å². The fourth-order valence-electron chi connectivity index (χ4n) is 4.01. The molecule has 0 aliphatic carbocycles. The molecule has 5 nitrogen and oxygen atoms in total. The van der Waals surface area contributed by atoms with Gasteiger partial charge in [0.05, 0.1) is 0 Å². The minimum absolute atomic E-state index is 0.160. The minimum atomic E-state index is 0.160. The van der Waals surface area contributed by atoms with Crippen molar-refractivity contribution in [3.63, 3.8) is 0 Å². The maximum atomic E-state index is 11.6. The molecular weight excluding hydrogens is 362 g/mol. The lowest BCUT2D eigenvalue weighted by atomic mass is 10.0. The van der Waals surface area contributed by atoms with Crippen molar-refractivity contribution in [2.45, 2.75) is 64.9 Å². The molecule has 1 N–H and O–H groups in total. The lowest BCUT2D eigenvalue weighted by Gasteiger charge is -2.32. The molecule has 1 aromatic carbocycles. The predicted molar refractivity (Wildman–Crippen MR) is 118 cm³/mol. The number of fused-ring (bicyclic) bond motifs is 1. The molecule has 1 fully saturated rings. The second kappa shape index (κ2) is 11.1. The van der Waals surface area contributed by atoms with Gasteiger partial charge >= 0.3 is 0 Å². The number of aryl methyl sites for hydroxylation is 1. The van der Waals surface area contributed by atoms with Crippen molar-refractivity contribution < 1.29 is 9.53 Å². The number of hydrogen-bond acceptors (Lipinski definition) is 4. The van der Waals surface area contributed by atoms with Crippen LogP contribution in [0.3, 0.4) is 0 Å². The molecule has 1 aliphatic heterocycles. The van der Waals surface area contributed by atoms with Crippen LogP contribution in [0.4, 0.5) is 0 Å². The number of piperidine rings is 1. The number of ether oxygens (including phenoxy) is 1. The second-order valence-electron chi connectivity index (χ2n) is 7.99. The highest BCUT2D eigenvalue weighted by molar-refractivity contribution is 5.85. The average Bonchev–Trinajstić information content (AvgIpc) is 2.74. The largest absolute Gasteiger partial charge is 0.488 e. The normalized spacial score (nSPS) is 15.5. The first-order valence-corrected chi connectivity index (χ1v) is 11.2.